The van der Waals surface area contributed by atoms with Crippen LogP contribution in [0.3, 0.4) is 0 Å². The normalized spacial score (nSPS) is 16.4. The number of halogens is 1. The summed E-state index contributed by atoms with van der Waals surface area (Å²) < 4.78 is 5.29. The molecule has 4 heteroatoms. The summed E-state index contributed by atoms with van der Waals surface area (Å²) in [6.45, 7) is 1.90. The third-order valence-electron chi connectivity index (χ3n) is 3.55. The standard InChI is InChI=1S/C14H17ClO3/c1-8-12(15)5-10(6-13(8)18-2)11(7-14(16)17)9-3-4-9/h5-6,9,11H,3-4,7H2,1-2H3,(H,16,17). The molecular formula is C14H17ClO3. The van der Waals surface area contributed by atoms with Crippen LogP contribution < -0.4 is 4.74 Å². The number of carboxylic acids is 1. The lowest BCUT2D eigenvalue weighted by Gasteiger charge is -2.17. The van der Waals surface area contributed by atoms with Crippen molar-refractivity contribution in [1.29, 1.82) is 0 Å². The van der Waals surface area contributed by atoms with Crippen molar-refractivity contribution in [3.05, 3.63) is 28.3 Å². The average Bonchev–Trinajstić information content (AvgIpc) is 3.13. The zero-order valence-corrected chi connectivity index (χ0v) is 11.3. The predicted molar refractivity (Wildman–Crippen MR) is 70.5 cm³/mol. The van der Waals surface area contributed by atoms with Crippen LogP contribution in [0.1, 0.15) is 36.3 Å². The molecule has 1 aliphatic rings. The second-order valence-electron chi connectivity index (χ2n) is 4.87. The fourth-order valence-corrected chi connectivity index (χ4v) is 2.56. The van der Waals surface area contributed by atoms with Crippen molar-refractivity contribution < 1.29 is 14.6 Å². The van der Waals surface area contributed by atoms with Gasteiger partial charge >= 0.3 is 5.97 Å². The maximum Gasteiger partial charge on any atom is 0.303 e. The highest BCUT2D eigenvalue weighted by atomic mass is 35.5. The number of ether oxygens (including phenoxy) is 1. The Morgan fingerprint density at radius 1 is 1.56 bits per heavy atom. The Hall–Kier alpha value is -1.22. The molecule has 0 aromatic heterocycles. The van der Waals surface area contributed by atoms with Crippen molar-refractivity contribution in [2.75, 3.05) is 7.11 Å². The van der Waals surface area contributed by atoms with Crippen molar-refractivity contribution in [2.45, 2.75) is 32.1 Å². The van der Waals surface area contributed by atoms with Crippen LogP contribution in [0.5, 0.6) is 5.75 Å². The zero-order chi connectivity index (χ0) is 13.3. The Kier molecular flexibility index (Phi) is 3.81. The molecule has 0 spiro atoms. The molecule has 0 saturated heterocycles. The third-order valence-corrected chi connectivity index (χ3v) is 3.95. The number of carboxylic acid groups (broad SMARTS) is 1. The fourth-order valence-electron chi connectivity index (χ4n) is 2.34. The van der Waals surface area contributed by atoms with Gasteiger partial charge in [-0.2, -0.15) is 0 Å². The highest BCUT2D eigenvalue weighted by molar-refractivity contribution is 6.31. The van der Waals surface area contributed by atoms with Crippen LogP contribution in [-0.2, 0) is 4.79 Å². The molecule has 1 unspecified atom stereocenters. The van der Waals surface area contributed by atoms with Crippen molar-refractivity contribution >= 4 is 17.6 Å². The predicted octanol–water partition coefficient (Wildman–Crippen LogP) is 3.63. The van der Waals surface area contributed by atoms with Crippen LogP contribution in [0.25, 0.3) is 0 Å². The molecule has 2 rings (SSSR count). The molecule has 1 saturated carbocycles. The number of rotatable bonds is 5. The van der Waals surface area contributed by atoms with Crippen LogP contribution in [0, 0.1) is 12.8 Å². The molecule has 3 nitrogen and oxygen atoms in total. The lowest BCUT2D eigenvalue weighted by molar-refractivity contribution is -0.137. The summed E-state index contributed by atoms with van der Waals surface area (Å²) in [6, 6.07) is 3.80. The molecule has 0 amide bonds. The minimum atomic E-state index is -0.762. The molecule has 0 radical (unpaired) electrons. The van der Waals surface area contributed by atoms with Gasteiger partial charge in [-0.1, -0.05) is 11.6 Å². The first-order valence-corrected chi connectivity index (χ1v) is 6.46. The van der Waals surface area contributed by atoms with E-state index in [1.165, 1.54) is 0 Å². The molecule has 1 aromatic rings. The van der Waals surface area contributed by atoms with E-state index in [9.17, 15) is 4.79 Å². The van der Waals surface area contributed by atoms with Gasteiger partial charge in [-0.3, -0.25) is 4.79 Å². The van der Waals surface area contributed by atoms with Gasteiger partial charge in [0, 0.05) is 10.6 Å². The van der Waals surface area contributed by atoms with Gasteiger partial charge in [-0.15, -0.1) is 0 Å². The molecule has 0 heterocycles. The summed E-state index contributed by atoms with van der Waals surface area (Å²) >= 11 is 6.18. The summed E-state index contributed by atoms with van der Waals surface area (Å²) in [5, 5.41) is 9.65. The molecule has 1 aromatic carbocycles. The number of benzene rings is 1. The minimum Gasteiger partial charge on any atom is -0.496 e. The Morgan fingerprint density at radius 2 is 2.22 bits per heavy atom. The van der Waals surface area contributed by atoms with Gasteiger partial charge in [0.05, 0.1) is 13.5 Å². The molecule has 0 bridgehead atoms. The maximum atomic E-state index is 11.0. The quantitative estimate of drug-likeness (QED) is 0.887. The lowest BCUT2D eigenvalue weighted by atomic mass is 9.90. The minimum absolute atomic E-state index is 0.0505. The summed E-state index contributed by atoms with van der Waals surface area (Å²) in [5.41, 5.74) is 1.88. The Morgan fingerprint density at radius 3 is 2.72 bits per heavy atom. The van der Waals surface area contributed by atoms with Crippen molar-refractivity contribution in [2.24, 2.45) is 5.92 Å². The molecule has 98 valence electrons. The van der Waals surface area contributed by atoms with Gasteiger partial charge < -0.3 is 9.84 Å². The molecule has 18 heavy (non-hydrogen) atoms. The summed E-state index contributed by atoms with van der Waals surface area (Å²) in [7, 11) is 1.60. The summed E-state index contributed by atoms with van der Waals surface area (Å²) in [6.07, 6.45) is 2.37. The Labute approximate surface area is 112 Å². The smallest absolute Gasteiger partial charge is 0.303 e. The van der Waals surface area contributed by atoms with Crippen LogP contribution in [-0.4, -0.2) is 18.2 Å². The first kappa shape index (κ1) is 13.2. The number of hydrogen-bond acceptors (Lipinski definition) is 2. The van der Waals surface area contributed by atoms with Gasteiger partial charge in [0.15, 0.2) is 0 Å². The van der Waals surface area contributed by atoms with Crippen LogP contribution >= 0.6 is 11.6 Å². The van der Waals surface area contributed by atoms with Crippen LogP contribution in [0.2, 0.25) is 5.02 Å². The van der Waals surface area contributed by atoms with E-state index in [0.717, 1.165) is 29.7 Å². The van der Waals surface area contributed by atoms with E-state index >= 15 is 0 Å². The van der Waals surface area contributed by atoms with Gasteiger partial charge in [0.2, 0.25) is 0 Å². The monoisotopic (exact) mass is 268 g/mol. The number of carbonyl (C=O) groups is 1. The first-order chi connectivity index (χ1) is 8.52. The maximum absolute atomic E-state index is 11.0. The van der Waals surface area contributed by atoms with E-state index in [0.29, 0.717) is 10.9 Å². The number of methoxy groups -OCH3 is 1. The third kappa shape index (κ3) is 2.78. The van der Waals surface area contributed by atoms with E-state index in [-0.39, 0.29) is 12.3 Å². The van der Waals surface area contributed by atoms with Gasteiger partial charge in [0.1, 0.15) is 5.75 Å². The van der Waals surface area contributed by atoms with E-state index < -0.39 is 5.97 Å². The SMILES string of the molecule is COc1cc(C(CC(=O)O)C2CC2)cc(Cl)c1C. The molecule has 1 atom stereocenters. The fraction of sp³-hybridized carbons (Fsp3) is 0.500. The summed E-state index contributed by atoms with van der Waals surface area (Å²) in [4.78, 5) is 11.0. The summed E-state index contributed by atoms with van der Waals surface area (Å²) in [5.74, 6) is 0.496. The number of hydrogen-bond donors (Lipinski definition) is 1. The van der Waals surface area contributed by atoms with Crippen LogP contribution in [0.15, 0.2) is 12.1 Å². The van der Waals surface area contributed by atoms with Crippen molar-refractivity contribution in [1.82, 2.24) is 0 Å². The van der Waals surface area contributed by atoms with E-state index in [1.807, 2.05) is 19.1 Å². The van der Waals surface area contributed by atoms with Gasteiger partial charge in [-0.25, -0.2) is 0 Å². The topological polar surface area (TPSA) is 46.5 Å². The average molecular weight is 269 g/mol. The second-order valence-corrected chi connectivity index (χ2v) is 5.28. The van der Waals surface area contributed by atoms with Gasteiger partial charge in [-0.05, 0) is 49.3 Å². The second kappa shape index (κ2) is 5.19. The van der Waals surface area contributed by atoms with Gasteiger partial charge in [0.25, 0.3) is 0 Å². The van der Waals surface area contributed by atoms with E-state index in [4.69, 9.17) is 21.4 Å². The largest absolute Gasteiger partial charge is 0.496 e. The molecule has 1 aliphatic carbocycles. The first-order valence-electron chi connectivity index (χ1n) is 6.08. The highest BCUT2D eigenvalue weighted by Gasteiger charge is 2.34. The Balaban J connectivity index is 2.35. The number of aliphatic carboxylic acids is 1. The lowest BCUT2D eigenvalue weighted by Crippen LogP contribution is -2.09. The molecule has 1 N–H and O–H groups in total. The zero-order valence-electron chi connectivity index (χ0n) is 10.6. The van der Waals surface area contributed by atoms with E-state index in [1.54, 1.807) is 7.11 Å². The molecule has 1 fully saturated rings. The highest BCUT2D eigenvalue weighted by Crippen LogP contribution is 2.46. The Bertz CT molecular complexity index is 466. The van der Waals surface area contributed by atoms with Crippen molar-refractivity contribution in [3.8, 4) is 5.75 Å². The van der Waals surface area contributed by atoms with Crippen molar-refractivity contribution in [3.63, 3.8) is 0 Å². The van der Waals surface area contributed by atoms with Crippen LogP contribution in [0.4, 0.5) is 0 Å². The van der Waals surface area contributed by atoms with E-state index in [2.05, 4.69) is 0 Å². The molecule has 0 aliphatic heterocycles. The molecular weight excluding hydrogens is 252 g/mol.